The highest BCUT2D eigenvalue weighted by atomic mass is 32.1. The van der Waals surface area contributed by atoms with Gasteiger partial charge in [-0.3, -0.25) is 4.79 Å². The van der Waals surface area contributed by atoms with Crippen LogP contribution >= 0.6 is 11.3 Å². The van der Waals surface area contributed by atoms with Gasteiger partial charge in [0.05, 0.1) is 6.10 Å². The van der Waals surface area contributed by atoms with Crippen LogP contribution in [0.25, 0.3) is 10.2 Å². The molecule has 2 aromatic heterocycles. The standard InChI is InChI=1S/C16H20N2O3S/c1-11(2)21-16(20)13-9-12-5-8-22-15(12)18(13)10-14(19)17-6-3-4-7-17/h5,8-9,11H,3-4,6-7,10H2,1-2H3. The lowest BCUT2D eigenvalue weighted by Gasteiger charge is -2.17. The fourth-order valence-electron chi connectivity index (χ4n) is 2.78. The van der Waals surface area contributed by atoms with Crippen LogP contribution in [-0.2, 0) is 16.1 Å². The Balaban J connectivity index is 1.90. The second-order valence-electron chi connectivity index (χ2n) is 5.84. The van der Waals surface area contributed by atoms with Crippen LogP contribution in [0.4, 0.5) is 0 Å². The van der Waals surface area contributed by atoms with Gasteiger partial charge in [-0.2, -0.15) is 0 Å². The molecule has 0 radical (unpaired) electrons. The normalized spacial score (nSPS) is 15.0. The first-order valence-electron chi connectivity index (χ1n) is 7.62. The first kappa shape index (κ1) is 15.1. The van der Waals surface area contributed by atoms with Crippen molar-refractivity contribution in [3.05, 3.63) is 23.2 Å². The third-order valence-corrected chi connectivity index (χ3v) is 4.76. The molecule has 0 atom stereocenters. The van der Waals surface area contributed by atoms with Gasteiger partial charge in [-0.1, -0.05) is 0 Å². The topological polar surface area (TPSA) is 51.5 Å². The van der Waals surface area contributed by atoms with E-state index in [4.69, 9.17) is 4.74 Å². The van der Waals surface area contributed by atoms with E-state index in [1.807, 2.05) is 36.3 Å². The third-order valence-electron chi connectivity index (χ3n) is 3.81. The van der Waals surface area contributed by atoms with Crippen LogP contribution < -0.4 is 0 Å². The van der Waals surface area contributed by atoms with E-state index in [0.29, 0.717) is 5.69 Å². The molecule has 3 heterocycles. The Hall–Kier alpha value is -1.82. The summed E-state index contributed by atoms with van der Waals surface area (Å²) in [5, 5.41) is 2.95. The maximum absolute atomic E-state index is 12.4. The van der Waals surface area contributed by atoms with Gasteiger partial charge in [0.15, 0.2) is 0 Å². The summed E-state index contributed by atoms with van der Waals surface area (Å²) in [6.07, 6.45) is 1.95. The number of nitrogens with zero attached hydrogens (tertiary/aromatic N) is 2. The van der Waals surface area contributed by atoms with E-state index in [0.717, 1.165) is 36.1 Å². The maximum atomic E-state index is 12.4. The van der Waals surface area contributed by atoms with E-state index >= 15 is 0 Å². The Labute approximate surface area is 133 Å². The molecule has 0 saturated carbocycles. The Bertz CT molecular complexity index is 695. The van der Waals surface area contributed by atoms with Crippen molar-refractivity contribution in [1.82, 2.24) is 9.47 Å². The molecule has 2 aromatic rings. The summed E-state index contributed by atoms with van der Waals surface area (Å²) in [5.74, 6) is -0.297. The van der Waals surface area contributed by atoms with Crippen molar-refractivity contribution in [2.24, 2.45) is 0 Å². The quantitative estimate of drug-likeness (QED) is 0.814. The first-order chi connectivity index (χ1) is 10.6. The van der Waals surface area contributed by atoms with Gasteiger partial charge in [0.2, 0.25) is 5.91 Å². The number of hydrogen-bond acceptors (Lipinski definition) is 4. The molecule has 3 rings (SSSR count). The number of ether oxygens (including phenoxy) is 1. The second kappa shape index (κ2) is 6.12. The molecular formula is C16H20N2O3S. The maximum Gasteiger partial charge on any atom is 0.355 e. The first-order valence-corrected chi connectivity index (χ1v) is 8.49. The summed E-state index contributed by atoms with van der Waals surface area (Å²) in [4.78, 5) is 27.5. The molecule has 0 aromatic carbocycles. The molecule has 22 heavy (non-hydrogen) atoms. The smallest absolute Gasteiger partial charge is 0.355 e. The number of thiophene rings is 1. The average Bonchev–Trinajstić information content (AvgIpc) is 3.15. The van der Waals surface area contributed by atoms with Crippen molar-refractivity contribution in [3.63, 3.8) is 0 Å². The molecule has 5 nitrogen and oxygen atoms in total. The molecule has 0 unspecified atom stereocenters. The number of amides is 1. The van der Waals surface area contributed by atoms with Gasteiger partial charge in [0, 0.05) is 18.5 Å². The number of carbonyl (C=O) groups excluding carboxylic acids is 2. The number of fused-ring (bicyclic) bond motifs is 1. The Kier molecular flexibility index (Phi) is 4.20. The predicted molar refractivity (Wildman–Crippen MR) is 86.2 cm³/mol. The minimum atomic E-state index is -0.368. The fraction of sp³-hybridized carbons (Fsp3) is 0.500. The van der Waals surface area contributed by atoms with E-state index in [9.17, 15) is 9.59 Å². The van der Waals surface area contributed by atoms with Gasteiger partial charge in [-0.05, 0) is 44.2 Å². The number of likely N-dealkylation sites (tertiary alicyclic amines) is 1. The van der Waals surface area contributed by atoms with E-state index in [1.54, 1.807) is 15.9 Å². The molecule has 0 aliphatic carbocycles. The highest BCUT2D eigenvalue weighted by Crippen LogP contribution is 2.26. The van der Waals surface area contributed by atoms with Crippen molar-refractivity contribution in [1.29, 1.82) is 0 Å². The van der Waals surface area contributed by atoms with E-state index < -0.39 is 0 Å². The number of rotatable bonds is 4. The molecule has 1 amide bonds. The Morgan fingerprint density at radius 1 is 1.32 bits per heavy atom. The summed E-state index contributed by atoms with van der Waals surface area (Å²) >= 11 is 1.54. The van der Waals surface area contributed by atoms with Crippen molar-refractivity contribution in [2.45, 2.75) is 39.3 Å². The minimum Gasteiger partial charge on any atom is -0.458 e. The van der Waals surface area contributed by atoms with Crippen LogP contribution in [0.15, 0.2) is 17.5 Å². The monoisotopic (exact) mass is 320 g/mol. The molecule has 1 fully saturated rings. The highest BCUT2D eigenvalue weighted by molar-refractivity contribution is 7.16. The zero-order valence-corrected chi connectivity index (χ0v) is 13.7. The Morgan fingerprint density at radius 3 is 2.73 bits per heavy atom. The van der Waals surface area contributed by atoms with Crippen molar-refractivity contribution in [2.75, 3.05) is 13.1 Å². The number of aromatic nitrogens is 1. The third kappa shape index (κ3) is 2.88. The largest absolute Gasteiger partial charge is 0.458 e. The summed E-state index contributed by atoms with van der Waals surface area (Å²) < 4.78 is 7.10. The van der Waals surface area contributed by atoms with Crippen LogP contribution in [0.5, 0.6) is 0 Å². The predicted octanol–water partition coefficient (Wildman–Crippen LogP) is 2.89. The SMILES string of the molecule is CC(C)OC(=O)c1cc2ccsc2n1CC(=O)N1CCCC1. The van der Waals surface area contributed by atoms with E-state index in [-0.39, 0.29) is 24.5 Å². The lowest BCUT2D eigenvalue weighted by Crippen LogP contribution is -2.32. The van der Waals surface area contributed by atoms with Crippen LogP contribution in [0.1, 0.15) is 37.2 Å². The molecule has 0 N–H and O–H groups in total. The highest BCUT2D eigenvalue weighted by Gasteiger charge is 2.23. The van der Waals surface area contributed by atoms with Gasteiger partial charge < -0.3 is 14.2 Å². The van der Waals surface area contributed by atoms with Gasteiger partial charge in [0.1, 0.15) is 17.1 Å². The van der Waals surface area contributed by atoms with Crippen LogP contribution in [0.3, 0.4) is 0 Å². The molecule has 1 aliphatic heterocycles. The molecule has 0 bridgehead atoms. The molecule has 1 aliphatic rings. The van der Waals surface area contributed by atoms with E-state index in [1.165, 1.54) is 0 Å². The summed E-state index contributed by atoms with van der Waals surface area (Å²) in [6, 6.07) is 3.77. The second-order valence-corrected chi connectivity index (χ2v) is 6.73. The van der Waals surface area contributed by atoms with Crippen molar-refractivity contribution >= 4 is 33.4 Å². The van der Waals surface area contributed by atoms with Gasteiger partial charge in [0.25, 0.3) is 0 Å². The molecular weight excluding hydrogens is 300 g/mol. The van der Waals surface area contributed by atoms with Crippen LogP contribution in [-0.4, -0.2) is 40.5 Å². The average molecular weight is 320 g/mol. The zero-order valence-electron chi connectivity index (χ0n) is 12.9. The number of hydrogen-bond donors (Lipinski definition) is 0. The van der Waals surface area contributed by atoms with Gasteiger partial charge >= 0.3 is 5.97 Å². The van der Waals surface area contributed by atoms with Crippen LogP contribution in [0, 0.1) is 0 Å². The zero-order chi connectivity index (χ0) is 15.7. The van der Waals surface area contributed by atoms with Crippen molar-refractivity contribution < 1.29 is 14.3 Å². The lowest BCUT2D eigenvalue weighted by molar-refractivity contribution is -0.130. The molecule has 0 spiro atoms. The van der Waals surface area contributed by atoms with Gasteiger partial charge in [-0.25, -0.2) is 4.79 Å². The number of esters is 1. The molecule has 1 saturated heterocycles. The summed E-state index contributed by atoms with van der Waals surface area (Å²) in [7, 11) is 0. The van der Waals surface area contributed by atoms with E-state index in [2.05, 4.69) is 0 Å². The van der Waals surface area contributed by atoms with Gasteiger partial charge in [-0.15, -0.1) is 11.3 Å². The lowest BCUT2D eigenvalue weighted by atomic mass is 10.3. The van der Waals surface area contributed by atoms with Crippen molar-refractivity contribution in [3.8, 4) is 0 Å². The van der Waals surface area contributed by atoms with Crippen LogP contribution in [0.2, 0.25) is 0 Å². The minimum absolute atomic E-state index is 0.0713. The summed E-state index contributed by atoms with van der Waals surface area (Å²) in [5.41, 5.74) is 0.461. The molecule has 118 valence electrons. The number of carbonyl (C=O) groups is 2. The summed E-state index contributed by atoms with van der Waals surface area (Å²) in [6.45, 7) is 5.48. The Morgan fingerprint density at radius 2 is 2.05 bits per heavy atom. The fourth-order valence-corrected chi connectivity index (χ4v) is 3.67. The molecule has 6 heteroatoms.